The standard InChI is InChI=1S/C14H20N2O4/c1-9(2)16-13(18)6-7-15-14(19)10-4-5-12(20-3)11(17)8-10/h4-5,8-9,17H,6-7H2,1-3H3,(H,15,19)(H,16,18). The molecule has 0 aliphatic rings. The topological polar surface area (TPSA) is 87.7 Å². The van der Waals surface area contributed by atoms with E-state index in [1.54, 1.807) is 6.07 Å². The van der Waals surface area contributed by atoms with E-state index in [-0.39, 0.29) is 36.6 Å². The number of phenolic OH excluding ortho intramolecular Hbond substituents is 1. The minimum Gasteiger partial charge on any atom is -0.504 e. The van der Waals surface area contributed by atoms with Gasteiger partial charge in [-0.2, -0.15) is 0 Å². The summed E-state index contributed by atoms with van der Waals surface area (Å²) in [4.78, 5) is 23.2. The number of ether oxygens (including phenoxy) is 1. The van der Waals surface area contributed by atoms with Gasteiger partial charge >= 0.3 is 0 Å². The first-order chi connectivity index (χ1) is 9.43. The van der Waals surface area contributed by atoms with Crippen molar-refractivity contribution in [2.45, 2.75) is 26.3 Å². The molecule has 0 heterocycles. The molecule has 1 rings (SSSR count). The second-order valence-electron chi connectivity index (χ2n) is 4.61. The number of benzene rings is 1. The second-order valence-corrected chi connectivity index (χ2v) is 4.61. The highest BCUT2D eigenvalue weighted by atomic mass is 16.5. The molecule has 0 spiro atoms. The van der Waals surface area contributed by atoms with E-state index in [9.17, 15) is 14.7 Å². The molecule has 0 saturated heterocycles. The van der Waals surface area contributed by atoms with E-state index in [1.807, 2.05) is 13.8 Å². The van der Waals surface area contributed by atoms with Gasteiger partial charge in [0.25, 0.3) is 5.91 Å². The van der Waals surface area contributed by atoms with Crippen LogP contribution in [-0.2, 0) is 4.79 Å². The first-order valence-corrected chi connectivity index (χ1v) is 6.38. The highest BCUT2D eigenvalue weighted by Gasteiger charge is 2.10. The van der Waals surface area contributed by atoms with E-state index in [4.69, 9.17) is 4.74 Å². The van der Waals surface area contributed by atoms with Crippen molar-refractivity contribution in [3.05, 3.63) is 23.8 Å². The third-order valence-electron chi connectivity index (χ3n) is 2.53. The minimum absolute atomic E-state index is 0.0803. The molecular weight excluding hydrogens is 260 g/mol. The lowest BCUT2D eigenvalue weighted by Gasteiger charge is -2.09. The first-order valence-electron chi connectivity index (χ1n) is 6.38. The maximum absolute atomic E-state index is 11.8. The van der Waals surface area contributed by atoms with Crippen LogP contribution in [0.5, 0.6) is 11.5 Å². The lowest BCUT2D eigenvalue weighted by molar-refractivity contribution is -0.121. The smallest absolute Gasteiger partial charge is 0.251 e. The van der Waals surface area contributed by atoms with Gasteiger partial charge in [-0.3, -0.25) is 9.59 Å². The van der Waals surface area contributed by atoms with Gasteiger partial charge in [-0.15, -0.1) is 0 Å². The number of amides is 2. The quantitative estimate of drug-likeness (QED) is 0.726. The Labute approximate surface area is 118 Å². The summed E-state index contributed by atoms with van der Waals surface area (Å²) in [7, 11) is 1.43. The molecule has 1 aromatic carbocycles. The van der Waals surface area contributed by atoms with E-state index in [2.05, 4.69) is 10.6 Å². The molecule has 1 aromatic rings. The Morgan fingerprint density at radius 2 is 2.05 bits per heavy atom. The third kappa shape index (κ3) is 4.79. The van der Waals surface area contributed by atoms with Gasteiger partial charge in [-0.25, -0.2) is 0 Å². The molecule has 6 heteroatoms. The number of hydrogen-bond donors (Lipinski definition) is 3. The molecule has 110 valence electrons. The summed E-state index contributed by atoms with van der Waals surface area (Å²) in [6.45, 7) is 3.98. The van der Waals surface area contributed by atoms with E-state index in [1.165, 1.54) is 19.2 Å². The average molecular weight is 280 g/mol. The maximum Gasteiger partial charge on any atom is 0.251 e. The lowest BCUT2D eigenvalue weighted by Crippen LogP contribution is -2.34. The summed E-state index contributed by atoms with van der Waals surface area (Å²) in [6, 6.07) is 4.46. The van der Waals surface area contributed by atoms with Crippen LogP contribution in [-0.4, -0.2) is 36.6 Å². The lowest BCUT2D eigenvalue weighted by atomic mass is 10.2. The third-order valence-corrected chi connectivity index (χ3v) is 2.53. The monoisotopic (exact) mass is 280 g/mol. The van der Waals surface area contributed by atoms with Crippen LogP contribution in [0.2, 0.25) is 0 Å². The molecule has 0 radical (unpaired) electrons. The molecule has 6 nitrogen and oxygen atoms in total. The number of carbonyl (C=O) groups is 2. The number of phenols is 1. The highest BCUT2D eigenvalue weighted by molar-refractivity contribution is 5.95. The van der Waals surface area contributed by atoms with Crippen molar-refractivity contribution in [2.24, 2.45) is 0 Å². The molecule has 3 N–H and O–H groups in total. The summed E-state index contributed by atoms with van der Waals surface area (Å²) in [5, 5.41) is 14.9. The summed E-state index contributed by atoms with van der Waals surface area (Å²) in [5.74, 6) is -0.256. The van der Waals surface area contributed by atoms with E-state index < -0.39 is 0 Å². The van der Waals surface area contributed by atoms with Gasteiger partial charge in [0.1, 0.15) is 0 Å². The summed E-state index contributed by atoms with van der Waals surface area (Å²) in [6.07, 6.45) is 0.214. The Kier molecular flexibility index (Phi) is 5.83. The second kappa shape index (κ2) is 7.37. The maximum atomic E-state index is 11.8. The van der Waals surface area contributed by atoms with Crippen LogP contribution in [0.25, 0.3) is 0 Å². The van der Waals surface area contributed by atoms with Crippen LogP contribution in [0.15, 0.2) is 18.2 Å². The fourth-order valence-electron chi connectivity index (χ4n) is 1.62. The molecule has 0 bridgehead atoms. The van der Waals surface area contributed by atoms with E-state index in [0.29, 0.717) is 11.3 Å². The number of aromatic hydroxyl groups is 1. The zero-order chi connectivity index (χ0) is 15.1. The number of nitrogens with one attached hydrogen (secondary N) is 2. The number of hydrogen-bond acceptors (Lipinski definition) is 4. The molecule has 0 aliphatic carbocycles. The Hall–Kier alpha value is -2.24. The van der Waals surface area contributed by atoms with Gasteiger partial charge in [0.15, 0.2) is 11.5 Å². The fraction of sp³-hybridized carbons (Fsp3) is 0.429. The van der Waals surface area contributed by atoms with Crippen molar-refractivity contribution >= 4 is 11.8 Å². The van der Waals surface area contributed by atoms with Crippen LogP contribution in [0, 0.1) is 0 Å². The van der Waals surface area contributed by atoms with Crippen molar-refractivity contribution < 1.29 is 19.4 Å². The number of rotatable bonds is 6. The van der Waals surface area contributed by atoms with Crippen LogP contribution < -0.4 is 15.4 Å². The molecule has 0 fully saturated rings. The average Bonchev–Trinajstić information content (AvgIpc) is 2.37. The predicted molar refractivity (Wildman–Crippen MR) is 74.9 cm³/mol. The molecule has 0 aliphatic heterocycles. The largest absolute Gasteiger partial charge is 0.504 e. The molecule has 2 amide bonds. The molecule has 20 heavy (non-hydrogen) atoms. The first kappa shape index (κ1) is 15.8. The van der Waals surface area contributed by atoms with Crippen LogP contribution >= 0.6 is 0 Å². The highest BCUT2D eigenvalue weighted by Crippen LogP contribution is 2.25. The van der Waals surface area contributed by atoms with Crippen molar-refractivity contribution in [3.8, 4) is 11.5 Å². The normalized spacial score (nSPS) is 10.2. The van der Waals surface area contributed by atoms with Gasteiger partial charge in [0.05, 0.1) is 7.11 Å². The van der Waals surface area contributed by atoms with E-state index >= 15 is 0 Å². The van der Waals surface area contributed by atoms with Gasteiger partial charge in [-0.1, -0.05) is 0 Å². The van der Waals surface area contributed by atoms with Crippen molar-refractivity contribution in [1.82, 2.24) is 10.6 Å². The van der Waals surface area contributed by atoms with Gasteiger partial charge in [0.2, 0.25) is 5.91 Å². The Morgan fingerprint density at radius 1 is 1.35 bits per heavy atom. The summed E-state index contributed by atoms with van der Waals surface area (Å²) >= 11 is 0. The van der Waals surface area contributed by atoms with Crippen LogP contribution in [0.1, 0.15) is 30.6 Å². The SMILES string of the molecule is COc1ccc(C(=O)NCCC(=O)NC(C)C)cc1O. The van der Waals surface area contributed by atoms with Crippen molar-refractivity contribution in [3.63, 3.8) is 0 Å². The summed E-state index contributed by atoms with van der Waals surface area (Å²) in [5.41, 5.74) is 0.313. The van der Waals surface area contributed by atoms with Crippen molar-refractivity contribution in [2.75, 3.05) is 13.7 Å². The zero-order valence-corrected chi connectivity index (χ0v) is 11.9. The minimum atomic E-state index is -0.347. The molecule has 0 aromatic heterocycles. The van der Waals surface area contributed by atoms with Gasteiger partial charge < -0.3 is 20.5 Å². The molecule has 0 unspecified atom stereocenters. The number of methoxy groups -OCH3 is 1. The van der Waals surface area contributed by atoms with Gasteiger partial charge in [-0.05, 0) is 32.0 Å². The van der Waals surface area contributed by atoms with E-state index in [0.717, 1.165) is 0 Å². The van der Waals surface area contributed by atoms with Gasteiger partial charge in [0, 0.05) is 24.6 Å². The van der Waals surface area contributed by atoms with Crippen molar-refractivity contribution in [1.29, 1.82) is 0 Å². The fourth-order valence-corrected chi connectivity index (χ4v) is 1.62. The molecule has 0 saturated carbocycles. The molecular formula is C14H20N2O4. The molecule has 0 atom stereocenters. The van der Waals surface area contributed by atoms with Crippen LogP contribution in [0.3, 0.4) is 0 Å². The Balaban J connectivity index is 2.47. The Morgan fingerprint density at radius 3 is 2.60 bits per heavy atom. The Bertz CT molecular complexity index is 486. The zero-order valence-electron chi connectivity index (χ0n) is 11.9. The van der Waals surface area contributed by atoms with Crippen LogP contribution in [0.4, 0.5) is 0 Å². The number of carbonyl (C=O) groups excluding carboxylic acids is 2. The summed E-state index contributed by atoms with van der Waals surface area (Å²) < 4.78 is 4.89. The predicted octanol–water partition coefficient (Wildman–Crippen LogP) is 1.05.